The maximum Gasteiger partial charge on any atom is 0.321 e. The molecule has 0 spiro atoms. The number of methoxy groups -OCH3 is 1. The second-order valence-corrected chi connectivity index (χ2v) is 9.78. The van der Waals surface area contributed by atoms with E-state index in [9.17, 15) is 14.3 Å². The summed E-state index contributed by atoms with van der Waals surface area (Å²) < 4.78 is 18.8. The second-order valence-electron chi connectivity index (χ2n) is 9.78. The van der Waals surface area contributed by atoms with E-state index in [4.69, 9.17) is 4.74 Å². The lowest BCUT2D eigenvalue weighted by atomic mass is 9.74. The van der Waals surface area contributed by atoms with Crippen LogP contribution in [0.4, 0.5) is 14.9 Å². The van der Waals surface area contributed by atoms with Crippen molar-refractivity contribution < 1.29 is 19.0 Å². The Morgan fingerprint density at radius 2 is 1.71 bits per heavy atom. The molecule has 2 heterocycles. The molecule has 2 N–H and O–H groups in total. The molecule has 2 amide bonds. The number of aliphatic hydroxyl groups excluding tert-OH is 1. The van der Waals surface area contributed by atoms with Gasteiger partial charge in [-0.1, -0.05) is 30.0 Å². The van der Waals surface area contributed by atoms with Gasteiger partial charge in [0, 0.05) is 47.9 Å². The van der Waals surface area contributed by atoms with Gasteiger partial charge >= 0.3 is 6.03 Å². The van der Waals surface area contributed by atoms with Crippen LogP contribution in [-0.2, 0) is 0 Å². The monoisotopic (exact) mass is 513 g/mol. The summed E-state index contributed by atoms with van der Waals surface area (Å²) in [5.74, 6) is 6.91. The Labute approximate surface area is 223 Å². The van der Waals surface area contributed by atoms with Crippen LogP contribution in [-0.4, -0.2) is 66.4 Å². The third-order valence-corrected chi connectivity index (χ3v) is 7.47. The minimum absolute atomic E-state index is 0.0162. The summed E-state index contributed by atoms with van der Waals surface area (Å²) in [6.45, 7) is 2.15. The number of ether oxygens (including phenoxy) is 1. The maximum absolute atomic E-state index is 13.6. The third kappa shape index (κ3) is 5.67. The number of halogens is 1. The molecule has 0 aromatic heterocycles. The summed E-state index contributed by atoms with van der Waals surface area (Å²) in [7, 11) is 1.64. The fourth-order valence-electron chi connectivity index (χ4n) is 5.50. The van der Waals surface area contributed by atoms with E-state index < -0.39 is 0 Å². The minimum Gasteiger partial charge on any atom is -0.497 e. The predicted molar refractivity (Wildman–Crippen MR) is 146 cm³/mol. The van der Waals surface area contributed by atoms with Crippen molar-refractivity contribution in [2.45, 2.75) is 30.8 Å². The van der Waals surface area contributed by atoms with Crippen molar-refractivity contribution in [2.75, 3.05) is 38.7 Å². The first kappa shape index (κ1) is 25.8. The number of hydrogen-bond acceptors (Lipinski definition) is 4. The van der Waals surface area contributed by atoms with Crippen LogP contribution in [0.5, 0.6) is 5.75 Å². The van der Waals surface area contributed by atoms with Crippen LogP contribution in [0.2, 0.25) is 0 Å². The Bertz CT molecular complexity index is 1320. The lowest BCUT2D eigenvalue weighted by molar-refractivity contribution is -0.0585. The molecule has 3 aromatic carbocycles. The number of nitrogens with zero attached hydrogens (tertiary/aromatic N) is 2. The van der Waals surface area contributed by atoms with Gasteiger partial charge in [0.05, 0.1) is 13.7 Å². The number of urea groups is 1. The molecule has 6 nitrogen and oxygen atoms in total. The molecule has 3 atom stereocenters. The molecule has 196 valence electrons. The van der Waals surface area contributed by atoms with Crippen molar-refractivity contribution in [2.24, 2.45) is 0 Å². The number of carbonyl (C=O) groups is 1. The van der Waals surface area contributed by atoms with Gasteiger partial charge in [-0.15, -0.1) is 0 Å². The van der Waals surface area contributed by atoms with E-state index in [-0.39, 0.29) is 36.5 Å². The Hall–Kier alpha value is -3.86. The van der Waals surface area contributed by atoms with E-state index in [0.717, 1.165) is 41.8 Å². The van der Waals surface area contributed by atoms with Crippen molar-refractivity contribution in [1.29, 1.82) is 0 Å². The molecule has 5 rings (SSSR count). The number of rotatable bonds is 4. The molecule has 2 aliphatic rings. The normalized spacial score (nSPS) is 21.1. The minimum atomic E-state index is -0.386. The van der Waals surface area contributed by atoms with Crippen molar-refractivity contribution in [3.8, 4) is 17.6 Å². The summed E-state index contributed by atoms with van der Waals surface area (Å²) >= 11 is 0. The van der Waals surface area contributed by atoms with Gasteiger partial charge in [0.1, 0.15) is 11.6 Å². The Morgan fingerprint density at radius 1 is 1.03 bits per heavy atom. The fraction of sp³-hybridized carbons (Fsp3) is 0.323. The number of amides is 2. The van der Waals surface area contributed by atoms with E-state index in [2.05, 4.69) is 34.2 Å². The smallest absolute Gasteiger partial charge is 0.321 e. The maximum atomic E-state index is 13.6. The number of anilines is 1. The molecule has 7 heteroatoms. The van der Waals surface area contributed by atoms with Gasteiger partial charge in [0.2, 0.25) is 0 Å². The van der Waals surface area contributed by atoms with Crippen molar-refractivity contribution in [3.05, 3.63) is 95.3 Å². The molecule has 0 radical (unpaired) electrons. The van der Waals surface area contributed by atoms with Crippen LogP contribution in [0.15, 0.2) is 72.8 Å². The number of hydrogen-bond donors (Lipinski definition) is 2. The van der Waals surface area contributed by atoms with Crippen LogP contribution >= 0.6 is 0 Å². The van der Waals surface area contributed by atoms with Gasteiger partial charge < -0.3 is 20.1 Å². The standard InChI is InChI=1S/C31H32FN3O3/c1-38-27-15-11-23(12-16-27)8-7-22-9-13-24(14-10-22)30-28-20-34(17-2-3-18-35(28)29(30)21-36)31(37)33-26-6-4-5-25(32)19-26/h4-6,9-16,19,28-30,36H,2-3,17-18,20-21H2,1H3,(H,33,37)/t28-,29+,30+/m0/s1. The quantitative estimate of drug-likeness (QED) is 0.497. The number of carbonyl (C=O) groups excluding carboxylic acids is 1. The first-order valence-corrected chi connectivity index (χ1v) is 13.0. The van der Waals surface area contributed by atoms with Gasteiger partial charge in [0.15, 0.2) is 0 Å². The molecule has 2 saturated heterocycles. The molecule has 0 saturated carbocycles. The first-order chi connectivity index (χ1) is 18.6. The molecule has 3 aromatic rings. The summed E-state index contributed by atoms with van der Waals surface area (Å²) in [6.07, 6.45) is 1.83. The molecule has 0 aliphatic carbocycles. The molecule has 38 heavy (non-hydrogen) atoms. The molecular formula is C31H32FN3O3. The van der Waals surface area contributed by atoms with E-state index in [0.29, 0.717) is 18.8 Å². The average Bonchev–Trinajstić information content (AvgIpc) is 2.92. The zero-order valence-electron chi connectivity index (χ0n) is 21.4. The van der Waals surface area contributed by atoms with Gasteiger partial charge in [-0.2, -0.15) is 0 Å². The highest BCUT2D eigenvalue weighted by atomic mass is 19.1. The zero-order valence-corrected chi connectivity index (χ0v) is 21.4. The van der Waals surface area contributed by atoms with Gasteiger partial charge in [0.25, 0.3) is 0 Å². The van der Waals surface area contributed by atoms with Crippen molar-refractivity contribution in [1.82, 2.24) is 9.80 Å². The largest absolute Gasteiger partial charge is 0.497 e. The predicted octanol–water partition coefficient (Wildman–Crippen LogP) is 4.69. The van der Waals surface area contributed by atoms with Gasteiger partial charge in [-0.25, -0.2) is 9.18 Å². The van der Waals surface area contributed by atoms with Crippen molar-refractivity contribution >= 4 is 11.7 Å². The Kier molecular flexibility index (Phi) is 7.92. The zero-order chi connectivity index (χ0) is 26.5. The highest BCUT2D eigenvalue weighted by Crippen LogP contribution is 2.42. The first-order valence-electron chi connectivity index (χ1n) is 13.0. The second kappa shape index (κ2) is 11.7. The summed E-state index contributed by atoms with van der Waals surface area (Å²) in [4.78, 5) is 17.2. The molecule has 0 bridgehead atoms. The molecule has 0 unspecified atom stereocenters. The topological polar surface area (TPSA) is 65.0 Å². The van der Waals surface area contributed by atoms with E-state index in [1.807, 2.05) is 41.3 Å². The fourth-order valence-corrected chi connectivity index (χ4v) is 5.50. The Morgan fingerprint density at radius 3 is 2.37 bits per heavy atom. The average molecular weight is 514 g/mol. The number of benzene rings is 3. The van der Waals surface area contributed by atoms with E-state index in [1.54, 1.807) is 19.2 Å². The lowest BCUT2D eigenvalue weighted by Gasteiger charge is -2.57. The Balaban J connectivity index is 1.30. The highest BCUT2D eigenvalue weighted by Gasteiger charge is 2.49. The van der Waals surface area contributed by atoms with Gasteiger partial charge in [-0.3, -0.25) is 4.90 Å². The molecule has 2 aliphatic heterocycles. The van der Waals surface area contributed by atoms with E-state index in [1.165, 1.54) is 12.1 Å². The molecule has 2 fully saturated rings. The van der Waals surface area contributed by atoms with E-state index >= 15 is 0 Å². The molecular weight excluding hydrogens is 481 g/mol. The SMILES string of the molecule is COc1ccc(C#Cc2ccc([C@H]3[C@@H](CO)N4CCCCN(C(=O)Nc5cccc(F)c5)C[C@@H]34)cc2)cc1. The lowest BCUT2D eigenvalue weighted by Crippen LogP contribution is -2.68. The van der Waals surface area contributed by atoms with Crippen LogP contribution in [0, 0.1) is 17.7 Å². The van der Waals surface area contributed by atoms with Crippen LogP contribution in [0.1, 0.15) is 35.4 Å². The van der Waals surface area contributed by atoms with Crippen LogP contribution in [0.3, 0.4) is 0 Å². The van der Waals surface area contributed by atoms with Gasteiger partial charge in [-0.05, 0) is 79.5 Å². The number of aliphatic hydroxyl groups is 1. The van der Waals surface area contributed by atoms with Crippen LogP contribution < -0.4 is 10.1 Å². The third-order valence-electron chi connectivity index (χ3n) is 7.47. The number of fused-ring (bicyclic) bond motifs is 1. The summed E-state index contributed by atoms with van der Waals surface area (Å²) in [5, 5.41) is 13.1. The van der Waals surface area contributed by atoms with Crippen molar-refractivity contribution in [3.63, 3.8) is 0 Å². The number of nitrogens with one attached hydrogen (secondary N) is 1. The van der Waals surface area contributed by atoms with Crippen LogP contribution in [0.25, 0.3) is 0 Å². The highest BCUT2D eigenvalue weighted by molar-refractivity contribution is 5.89. The summed E-state index contributed by atoms with van der Waals surface area (Å²) in [6, 6.07) is 21.7. The summed E-state index contributed by atoms with van der Waals surface area (Å²) in [5.41, 5.74) is 3.40.